The molecule has 236 valence electrons. The highest BCUT2D eigenvalue weighted by molar-refractivity contribution is 7.90. The lowest BCUT2D eigenvalue weighted by Crippen LogP contribution is -2.48. The van der Waals surface area contributed by atoms with E-state index in [-0.39, 0.29) is 23.8 Å². The van der Waals surface area contributed by atoms with Crippen LogP contribution in [0.3, 0.4) is 0 Å². The molecule has 0 bridgehead atoms. The fraction of sp³-hybridized carbons (Fsp3) is 0.485. The summed E-state index contributed by atoms with van der Waals surface area (Å²) < 4.78 is 51.6. The van der Waals surface area contributed by atoms with Crippen LogP contribution in [0.4, 0.5) is 8.78 Å². The first-order valence-electron chi connectivity index (χ1n) is 15.0. The quantitative estimate of drug-likeness (QED) is 0.147. The van der Waals surface area contributed by atoms with Crippen LogP contribution in [0.5, 0.6) is 0 Å². The molecule has 44 heavy (non-hydrogen) atoms. The summed E-state index contributed by atoms with van der Waals surface area (Å²) >= 11 is -1.44. The molecule has 5 rings (SSSR count). The van der Waals surface area contributed by atoms with Crippen molar-refractivity contribution >= 4 is 30.6 Å². The van der Waals surface area contributed by atoms with Crippen LogP contribution in [-0.4, -0.2) is 43.3 Å². The number of hydrogen-bond donors (Lipinski definition) is 1. The number of fused-ring (bicyclic) bond motifs is 1. The molecular weight excluding hydrogens is 597 g/mol. The molecule has 1 N–H and O–H groups in total. The van der Waals surface area contributed by atoms with Crippen molar-refractivity contribution in [1.29, 1.82) is 0 Å². The zero-order chi connectivity index (χ0) is 32.1. The van der Waals surface area contributed by atoms with E-state index in [0.717, 1.165) is 22.2 Å². The molecule has 1 fully saturated rings. The van der Waals surface area contributed by atoms with Crippen LogP contribution < -0.4 is 4.72 Å². The molecule has 1 aromatic carbocycles. The summed E-state index contributed by atoms with van der Waals surface area (Å²) in [4.78, 5) is 9.77. The largest absolute Gasteiger partial charge is 0.598 e. The summed E-state index contributed by atoms with van der Waals surface area (Å²) in [5.74, 6) is -2.37. The molecule has 4 aromatic rings. The van der Waals surface area contributed by atoms with Crippen molar-refractivity contribution in [2.24, 2.45) is 5.92 Å². The third-order valence-electron chi connectivity index (χ3n) is 8.74. The minimum Gasteiger partial charge on any atom is -0.598 e. The van der Waals surface area contributed by atoms with Crippen LogP contribution in [0, 0.1) is 5.92 Å². The SMILES string of the molecule is CC(C)(C)[S@@+]([O-])NC(c1cccc(-c2ccc3cnn(-c4cccc(CO[Si](C)(C)C(C)(C)C)n4)c3c2)n1)C1CC(F)(F)C1. The zero-order valence-corrected chi connectivity index (χ0v) is 28.6. The molecule has 11 heteroatoms. The first-order valence-corrected chi connectivity index (χ1v) is 19.1. The number of alkyl halides is 2. The molecular formula is C33H43F2N5O2SSi. The standard InChI is InChI=1S/C33H43F2N5O2SSi/c1-31(2,3)43(41)39-30(24-18-33(34,35)19-24)27-13-10-12-26(38-27)22-15-16-23-20-36-40(28(23)17-22)29-14-9-11-25(37-29)21-42-44(7,8)32(4,5)6/h9-17,20,24,30,39H,18-19,21H2,1-8H3/t30?,43-/m1/s1. The van der Waals surface area contributed by atoms with Gasteiger partial charge in [-0.2, -0.15) is 5.10 Å². The van der Waals surface area contributed by atoms with Gasteiger partial charge in [-0.25, -0.2) is 18.4 Å². The highest BCUT2D eigenvalue weighted by Gasteiger charge is 2.51. The Morgan fingerprint density at radius 1 is 1.05 bits per heavy atom. The fourth-order valence-corrected chi connectivity index (χ4v) is 6.75. The Bertz CT molecular complexity index is 1620. The van der Waals surface area contributed by atoms with Crippen molar-refractivity contribution in [3.05, 3.63) is 72.2 Å². The van der Waals surface area contributed by atoms with Crippen LogP contribution in [0.1, 0.15) is 71.8 Å². The van der Waals surface area contributed by atoms with Crippen LogP contribution in [0.15, 0.2) is 60.8 Å². The third kappa shape index (κ3) is 7.07. The van der Waals surface area contributed by atoms with Crippen molar-refractivity contribution in [3.63, 3.8) is 0 Å². The van der Waals surface area contributed by atoms with Crippen LogP contribution in [0.25, 0.3) is 28.0 Å². The monoisotopic (exact) mass is 639 g/mol. The molecule has 1 aliphatic rings. The maximum Gasteiger partial charge on any atom is 0.248 e. The Hall–Kier alpha value is -2.70. The van der Waals surface area contributed by atoms with Gasteiger partial charge in [0.05, 0.1) is 41.4 Å². The van der Waals surface area contributed by atoms with Gasteiger partial charge in [0.15, 0.2) is 14.1 Å². The first-order chi connectivity index (χ1) is 20.4. The number of aromatic nitrogens is 4. The van der Waals surface area contributed by atoms with Crippen LogP contribution in [0.2, 0.25) is 18.1 Å². The summed E-state index contributed by atoms with van der Waals surface area (Å²) in [6.07, 6.45) is 1.30. The number of hydrogen-bond acceptors (Lipinski definition) is 6. The van der Waals surface area contributed by atoms with Gasteiger partial charge in [-0.05, 0) is 75.2 Å². The Morgan fingerprint density at radius 3 is 2.41 bits per heavy atom. The second-order valence-corrected chi connectivity index (χ2v) is 21.1. The lowest BCUT2D eigenvalue weighted by Gasteiger charge is -2.40. The van der Waals surface area contributed by atoms with Gasteiger partial charge in [0.1, 0.15) is 4.75 Å². The molecule has 3 heterocycles. The van der Waals surface area contributed by atoms with Gasteiger partial charge < -0.3 is 8.98 Å². The van der Waals surface area contributed by atoms with E-state index in [2.05, 4.69) is 43.7 Å². The normalized spacial score (nSPS) is 17.4. The molecule has 1 unspecified atom stereocenters. The number of nitrogens with zero attached hydrogens (tertiary/aromatic N) is 4. The Balaban J connectivity index is 1.44. The van der Waals surface area contributed by atoms with Gasteiger partial charge in [-0.3, -0.25) is 4.98 Å². The molecule has 0 spiro atoms. The van der Waals surface area contributed by atoms with E-state index in [1.807, 2.05) is 86.2 Å². The lowest BCUT2D eigenvalue weighted by atomic mass is 9.75. The van der Waals surface area contributed by atoms with E-state index in [1.165, 1.54) is 0 Å². The van der Waals surface area contributed by atoms with E-state index >= 15 is 0 Å². The molecule has 3 aromatic heterocycles. The predicted molar refractivity (Wildman–Crippen MR) is 176 cm³/mol. The maximum atomic E-state index is 13.9. The minimum atomic E-state index is -2.70. The topological polar surface area (TPSA) is 87.9 Å². The number of rotatable bonds is 9. The van der Waals surface area contributed by atoms with E-state index in [0.29, 0.717) is 23.8 Å². The molecule has 0 aliphatic heterocycles. The smallest absolute Gasteiger partial charge is 0.248 e. The van der Waals surface area contributed by atoms with Crippen molar-refractivity contribution in [2.75, 3.05) is 0 Å². The predicted octanol–water partition coefficient (Wildman–Crippen LogP) is 8.14. The van der Waals surface area contributed by atoms with E-state index < -0.39 is 36.4 Å². The summed E-state index contributed by atoms with van der Waals surface area (Å²) in [6.45, 7) is 17.1. The van der Waals surface area contributed by atoms with Gasteiger partial charge in [0.2, 0.25) is 5.92 Å². The zero-order valence-electron chi connectivity index (χ0n) is 26.8. The molecule has 1 aliphatic carbocycles. The average Bonchev–Trinajstić information content (AvgIpc) is 3.36. The number of pyridine rings is 2. The minimum absolute atomic E-state index is 0.104. The van der Waals surface area contributed by atoms with E-state index in [1.54, 1.807) is 0 Å². The lowest BCUT2D eigenvalue weighted by molar-refractivity contribution is -0.118. The molecule has 2 atom stereocenters. The van der Waals surface area contributed by atoms with Gasteiger partial charge in [0, 0.05) is 35.2 Å². The number of halogens is 2. The molecule has 0 radical (unpaired) electrons. The Labute approximate surface area is 263 Å². The molecule has 1 saturated carbocycles. The summed E-state index contributed by atoms with van der Waals surface area (Å²) in [5, 5.41) is 5.69. The van der Waals surface area contributed by atoms with E-state index in [9.17, 15) is 13.3 Å². The molecule has 0 amide bonds. The van der Waals surface area contributed by atoms with Gasteiger partial charge in [0.25, 0.3) is 0 Å². The summed E-state index contributed by atoms with van der Waals surface area (Å²) in [7, 11) is -1.93. The van der Waals surface area contributed by atoms with Gasteiger partial charge >= 0.3 is 0 Å². The highest BCUT2D eigenvalue weighted by Crippen LogP contribution is 2.48. The van der Waals surface area contributed by atoms with Crippen molar-refractivity contribution in [3.8, 4) is 17.1 Å². The van der Waals surface area contributed by atoms with Gasteiger partial charge in [-0.1, -0.05) is 45.0 Å². The summed E-state index contributed by atoms with van der Waals surface area (Å²) in [6, 6.07) is 16.9. The second-order valence-electron chi connectivity index (χ2n) is 14.3. The Morgan fingerprint density at radius 2 is 1.75 bits per heavy atom. The molecule has 0 saturated heterocycles. The highest BCUT2D eigenvalue weighted by atomic mass is 32.2. The second kappa shape index (κ2) is 11.9. The van der Waals surface area contributed by atoms with Crippen molar-refractivity contribution in [1.82, 2.24) is 24.5 Å². The van der Waals surface area contributed by atoms with Crippen molar-refractivity contribution < 1.29 is 17.8 Å². The van der Waals surface area contributed by atoms with E-state index in [4.69, 9.17) is 14.4 Å². The Kier molecular flexibility index (Phi) is 8.84. The van der Waals surface area contributed by atoms with Crippen molar-refractivity contribution in [2.45, 2.75) is 95.8 Å². The number of nitrogens with one attached hydrogen (secondary N) is 1. The van der Waals surface area contributed by atoms with Crippen LogP contribution in [-0.2, 0) is 22.4 Å². The van der Waals surface area contributed by atoms with Crippen LogP contribution >= 0.6 is 0 Å². The summed E-state index contributed by atoms with van der Waals surface area (Å²) in [5.41, 5.74) is 3.86. The average molecular weight is 640 g/mol. The first kappa shape index (κ1) is 32.7. The fourth-order valence-electron chi connectivity index (χ4n) is 4.92. The third-order valence-corrected chi connectivity index (χ3v) is 14.8. The molecule has 7 nitrogen and oxygen atoms in total. The van der Waals surface area contributed by atoms with Gasteiger partial charge in [-0.15, -0.1) is 4.72 Å². The number of benzene rings is 1. The maximum absolute atomic E-state index is 13.9.